The molecule has 0 spiro atoms. The number of hydrogen-bond donors (Lipinski definition) is 0. The van der Waals surface area contributed by atoms with Gasteiger partial charge in [-0.25, -0.2) is 0 Å². The third kappa shape index (κ3) is 3.26. The van der Waals surface area contributed by atoms with E-state index in [9.17, 15) is 4.79 Å². The summed E-state index contributed by atoms with van der Waals surface area (Å²) >= 11 is 0. The Labute approximate surface area is 144 Å². The highest BCUT2D eigenvalue weighted by Gasteiger charge is 2.14. The van der Waals surface area contributed by atoms with Crippen LogP contribution in [0.1, 0.15) is 53.5 Å². The van der Waals surface area contributed by atoms with Gasteiger partial charge >= 0.3 is 0 Å². The van der Waals surface area contributed by atoms with Crippen LogP contribution in [0.2, 0.25) is 0 Å². The van der Waals surface area contributed by atoms with E-state index in [1.54, 1.807) is 0 Å². The van der Waals surface area contributed by atoms with Crippen LogP contribution in [0.25, 0.3) is 5.57 Å². The SMILES string of the molecule is CCC(CC=O)c1ccc(C2=CC=CCc3c(C)cccc32)cc1. The maximum atomic E-state index is 10.9. The molecule has 1 atom stereocenters. The average molecular weight is 316 g/mol. The summed E-state index contributed by atoms with van der Waals surface area (Å²) in [5.41, 5.74) is 7.85. The zero-order chi connectivity index (χ0) is 16.9. The summed E-state index contributed by atoms with van der Waals surface area (Å²) < 4.78 is 0. The van der Waals surface area contributed by atoms with Crippen molar-refractivity contribution < 1.29 is 4.79 Å². The van der Waals surface area contributed by atoms with Crippen LogP contribution in [0.4, 0.5) is 0 Å². The number of carbonyl (C=O) groups is 1. The number of fused-ring (bicyclic) bond motifs is 1. The molecule has 0 saturated heterocycles. The van der Waals surface area contributed by atoms with Gasteiger partial charge in [0.15, 0.2) is 0 Å². The lowest BCUT2D eigenvalue weighted by Crippen LogP contribution is -1.99. The Kier molecular flexibility index (Phi) is 5.10. The van der Waals surface area contributed by atoms with E-state index >= 15 is 0 Å². The summed E-state index contributed by atoms with van der Waals surface area (Å²) in [6.07, 6.45) is 10.2. The Bertz CT molecular complexity index is 778. The van der Waals surface area contributed by atoms with Gasteiger partial charge in [0.25, 0.3) is 0 Å². The Morgan fingerprint density at radius 2 is 1.92 bits per heavy atom. The maximum absolute atomic E-state index is 10.9. The van der Waals surface area contributed by atoms with Crippen molar-refractivity contribution in [1.29, 1.82) is 0 Å². The van der Waals surface area contributed by atoms with Crippen molar-refractivity contribution in [2.45, 2.75) is 39.0 Å². The lowest BCUT2D eigenvalue weighted by molar-refractivity contribution is -0.108. The highest BCUT2D eigenvalue weighted by atomic mass is 16.1. The second-order valence-corrected chi connectivity index (χ2v) is 6.44. The molecule has 0 aliphatic heterocycles. The molecule has 24 heavy (non-hydrogen) atoms. The topological polar surface area (TPSA) is 17.1 Å². The Hall–Kier alpha value is -2.41. The molecular formula is C23H24O. The van der Waals surface area contributed by atoms with E-state index in [1.807, 2.05) is 0 Å². The normalized spacial score (nSPS) is 14.5. The van der Waals surface area contributed by atoms with Crippen LogP contribution in [0, 0.1) is 6.92 Å². The quantitative estimate of drug-likeness (QED) is 0.654. The van der Waals surface area contributed by atoms with E-state index in [0.717, 1.165) is 19.1 Å². The number of hydrogen-bond acceptors (Lipinski definition) is 1. The monoisotopic (exact) mass is 316 g/mol. The summed E-state index contributed by atoms with van der Waals surface area (Å²) in [5.74, 6) is 0.328. The van der Waals surface area contributed by atoms with Gasteiger partial charge in [0.05, 0.1) is 0 Å². The fourth-order valence-electron chi connectivity index (χ4n) is 3.51. The van der Waals surface area contributed by atoms with Gasteiger partial charge in [0, 0.05) is 6.42 Å². The molecule has 0 radical (unpaired) electrons. The minimum Gasteiger partial charge on any atom is -0.303 e. The smallest absolute Gasteiger partial charge is 0.120 e. The van der Waals surface area contributed by atoms with Crippen LogP contribution in [0.3, 0.4) is 0 Å². The molecule has 0 N–H and O–H groups in total. The van der Waals surface area contributed by atoms with Crippen molar-refractivity contribution in [3.05, 3.63) is 88.5 Å². The van der Waals surface area contributed by atoms with E-state index in [0.29, 0.717) is 12.3 Å². The lowest BCUT2D eigenvalue weighted by atomic mass is 9.88. The fourth-order valence-corrected chi connectivity index (χ4v) is 3.51. The zero-order valence-electron chi connectivity index (χ0n) is 14.5. The number of carbonyl (C=O) groups excluding carboxylic acids is 1. The van der Waals surface area contributed by atoms with Crippen molar-refractivity contribution in [1.82, 2.24) is 0 Å². The first-order chi connectivity index (χ1) is 11.7. The molecule has 0 heterocycles. The highest BCUT2D eigenvalue weighted by molar-refractivity contribution is 5.83. The van der Waals surface area contributed by atoms with Crippen LogP contribution < -0.4 is 0 Å². The first-order valence-electron chi connectivity index (χ1n) is 8.74. The summed E-state index contributed by atoms with van der Waals surface area (Å²) in [5, 5.41) is 0. The van der Waals surface area contributed by atoms with Crippen LogP contribution in [0.15, 0.2) is 60.7 Å². The largest absolute Gasteiger partial charge is 0.303 e. The van der Waals surface area contributed by atoms with Gasteiger partial charge in [-0.3, -0.25) is 0 Å². The standard InChI is InChI=1S/C23H24O/c1-3-18(15-16-24)19-11-13-20(14-12-19)22-9-5-4-8-21-17(2)7-6-10-23(21)22/h4-7,9-14,16,18H,3,8,15H2,1-2H3. The second-order valence-electron chi connectivity index (χ2n) is 6.44. The molecule has 0 amide bonds. The van der Waals surface area contributed by atoms with Gasteiger partial charge in [-0.2, -0.15) is 0 Å². The molecular weight excluding hydrogens is 292 g/mol. The molecule has 1 unspecified atom stereocenters. The first kappa shape index (κ1) is 16.4. The van der Waals surface area contributed by atoms with Crippen molar-refractivity contribution in [3.8, 4) is 0 Å². The van der Waals surface area contributed by atoms with Gasteiger partial charge in [-0.1, -0.05) is 67.6 Å². The number of aldehydes is 1. The van der Waals surface area contributed by atoms with Crippen molar-refractivity contribution in [2.75, 3.05) is 0 Å². The molecule has 0 fully saturated rings. The van der Waals surface area contributed by atoms with Gasteiger partial charge in [-0.15, -0.1) is 0 Å². The van der Waals surface area contributed by atoms with Gasteiger partial charge < -0.3 is 4.79 Å². The number of aryl methyl sites for hydroxylation is 1. The Morgan fingerprint density at radius 3 is 2.62 bits per heavy atom. The second kappa shape index (κ2) is 7.44. The van der Waals surface area contributed by atoms with E-state index in [4.69, 9.17) is 0 Å². The number of allylic oxidation sites excluding steroid dienone is 3. The Balaban J connectivity index is 1.98. The molecule has 3 rings (SSSR count). The van der Waals surface area contributed by atoms with E-state index < -0.39 is 0 Å². The molecule has 1 aliphatic carbocycles. The number of benzene rings is 2. The van der Waals surface area contributed by atoms with E-state index in [-0.39, 0.29) is 0 Å². The zero-order valence-corrected chi connectivity index (χ0v) is 14.5. The van der Waals surface area contributed by atoms with Crippen LogP contribution in [0.5, 0.6) is 0 Å². The summed E-state index contributed by atoms with van der Waals surface area (Å²) in [6, 6.07) is 15.3. The molecule has 1 aliphatic rings. The molecule has 1 heteroatoms. The predicted octanol–water partition coefficient (Wildman–Crippen LogP) is 5.62. The summed E-state index contributed by atoms with van der Waals surface area (Å²) in [4.78, 5) is 10.9. The molecule has 2 aromatic rings. The molecule has 0 saturated carbocycles. The van der Waals surface area contributed by atoms with E-state index in [1.165, 1.54) is 33.4 Å². The molecule has 2 aromatic carbocycles. The molecule has 122 valence electrons. The Morgan fingerprint density at radius 1 is 1.12 bits per heavy atom. The van der Waals surface area contributed by atoms with Gasteiger partial charge in [0.2, 0.25) is 0 Å². The minimum absolute atomic E-state index is 0.328. The predicted molar refractivity (Wildman–Crippen MR) is 101 cm³/mol. The third-order valence-electron chi connectivity index (χ3n) is 4.99. The van der Waals surface area contributed by atoms with Crippen LogP contribution in [-0.4, -0.2) is 6.29 Å². The summed E-state index contributed by atoms with van der Waals surface area (Å²) in [6.45, 7) is 4.32. The lowest BCUT2D eigenvalue weighted by Gasteiger charge is -2.16. The van der Waals surface area contributed by atoms with E-state index in [2.05, 4.69) is 74.5 Å². The van der Waals surface area contributed by atoms with Crippen molar-refractivity contribution in [3.63, 3.8) is 0 Å². The number of rotatable bonds is 5. The molecule has 0 aromatic heterocycles. The summed E-state index contributed by atoms with van der Waals surface area (Å²) in [7, 11) is 0. The van der Waals surface area contributed by atoms with Gasteiger partial charge in [-0.05, 0) is 59.1 Å². The average Bonchev–Trinajstić information content (AvgIpc) is 2.83. The van der Waals surface area contributed by atoms with Crippen LogP contribution in [-0.2, 0) is 11.2 Å². The fraction of sp³-hybridized carbons (Fsp3) is 0.261. The van der Waals surface area contributed by atoms with Crippen molar-refractivity contribution >= 4 is 11.9 Å². The molecule has 0 bridgehead atoms. The third-order valence-corrected chi connectivity index (χ3v) is 4.99. The van der Waals surface area contributed by atoms with Crippen molar-refractivity contribution in [2.24, 2.45) is 0 Å². The maximum Gasteiger partial charge on any atom is 0.120 e. The first-order valence-corrected chi connectivity index (χ1v) is 8.74. The minimum atomic E-state index is 0.328. The van der Waals surface area contributed by atoms with Gasteiger partial charge in [0.1, 0.15) is 6.29 Å². The highest BCUT2D eigenvalue weighted by Crippen LogP contribution is 2.32. The van der Waals surface area contributed by atoms with Crippen LogP contribution >= 0.6 is 0 Å². The molecule has 1 nitrogen and oxygen atoms in total.